The number of hydrogen-bond acceptors (Lipinski definition) is 4. The summed E-state index contributed by atoms with van der Waals surface area (Å²) in [6.45, 7) is 0. The van der Waals surface area contributed by atoms with E-state index in [0.29, 0.717) is 6.42 Å². The predicted octanol–water partition coefficient (Wildman–Crippen LogP) is 2.06. The smallest absolute Gasteiger partial charge is 0.335 e. The van der Waals surface area contributed by atoms with Crippen LogP contribution in [0.2, 0.25) is 5.02 Å². The Hall–Kier alpha value is -1.24. The molecule has 1 aromatic rings. The third kappa shape index (κ3) is 4.74. The Balaban J connectivity index is 2.78. The van der Waals surface area contributed by atoms with Crippen molar-refractivity contribution in [2.45, 2.75) is 12.5 Å². The number of carboxylic acid groups (broad SMARTS) is 1. The molecule has 7 heteroatoms. The van der Waals surface area contributed by atoms with Crippen LogP contribution in [-0.2, 0) is 4.79 Å². The van der Waals surface area contributed by atoms with Crippen LogP contribution >= 0.6 is 23.4 Å². The highest BCUT2D eigenvalue weighted by Crippen LogP contribution is 2.23. The maximum atomic E-state index is 11.8. The summed E-state index contributed by atoms with van der Waals surface area (Å²) in [4.78, 5) is 22.6. The molecule has 5 nitrogen and oxygen atoms in total. The molecule has 0 spiro atoms. The van der Waals surface area contributed by atoms with Gasteiger partial charge in [-0.05, 0) is 36.6 Å². The molecule has 0 fully saturated rings. The van der Waals surface area contributed by atoms with Crippen molar-refractivity contribution >= 4 is 40.9 Å². The van der Waals surface area contributed by atoms with Crippen LogP contribution in [0.3, 0.4) is 0 Å². The van der Waals surface area contributed by atoms with Gasteiger partial charge in [-0.15, -0.1) is 0 Å². The molecule has 0 aromatic heterocycles. The second-order valence-electron chi connectivity index (χ2n) is 3.88. The summed E-state index contributed by atoms with van der Waals surface area (Å²) >= 11 is 7.50. The van der Waals surface area contributed by atoms with Crippen molar-refractivity contribution in [1.29, 1.82) is 0 Å². The second-order valence-corrected chi connectivity index (χ2v) is 5.27. The Morgan fingerprint density at radius 2 is 2.21 bits per heavy atom. The number of halogens is 1. The van der Waals surface area contributed by atoms with Gasteiger partial charge in [0, 0.05) is 0 Å². The van der Waals surface area contributed by atoms with Gasteiger partial charge in [-0.2, -0.15) is 11.8 Å². The lowest BCUT2D eigenvalue weighted by atomic mass is 10.2. The van der Waals surface area contributed by atoms with Crippen LogP contribution in [0.4, 0.5) is 5.69 Å². The Morgan fingerprint density at radius 3 is 2.79 bits per heavy atom. The summed E-state index contributed by atoms with van der Waals surface area (Å²) in [5.74, 6) is -0.686. The minimum Gasteiger partial charge on any atom is -0.478 e. The van der Waals surface area contributed by atoms with E-state index < -0.39 is 12.0 Å². The van der Waals surface area contributed by atoms with Crippen LogP contribution < -0.4 is 11.1 Å². The van der Waals surface area contributed by atoms with Gasteiger partial charge in [0.1, 0.15) is 0 Å². The van der Waals surface area contributed by atoms with Crippen molar-refractivity contribution < 1.29 is 14.7 Å². The lowest BCUT2D eigenvalue weighted by Gasteiger charge is -2.13. The minimum absolute atomic E-state index is 0.0531. The number of carbonyl (C=O) groups is 2. The lowest BCUT2D eigenvalue weighted by molar-refractivity contribution is -0.117. The van der Waals surface area contributed by atoms with Gasteiger partial charge in [0.2, 0.25) is 5.91 Å². The molecule has 0 bridgehead atoms. The molecule has 1 aromatic carbocycles. The second kappa shape index (κ2) is 7.37. The van der Waals surface area contributed by atoms with Crippen LogP contribution in [-0.4, -0.2) is 35.0 Å². The topological polar surface area (TPSA) is 92.4 Å². The number of benzene rings is 1. The molecule has 19 heavy (non-hydrogen) atoms. The van der Waals surface area contributed by atoms with Gasteiger partial charge in [-0.1, -0.05) is 11.6 Å². The maximum Gasteiger partial charge on any atom is 0.335 e. The number of anilines is 1. The first-order valence-electron chi connectivity index (χ1n) is 5.54. The van der Waals surface area contributed by atoms with E-state index in [4.69, 9.17) is 22.4 Å². The van der Waals surface area contributed by atoms with E-state index in [-0.39, 0.29) is 22.2 Å². The number of rotatable bonds is 6. The van der Waals surface area contributed by atoms with Crippen molar-refractivity contribution in [2.24, 2.45) is 5.73 Å². The van der Waals surface area contributed by atoms with Crippen LogP contribution in [0.5, 0.6) is 0 Å². The largest absolute Gasteiger partial charge is 0.478 e. The van der Waals surface area contributed by atoms with Crippen LogP contribution in [0, 0.1) is 0 Å². The molecule has 1 rings (SSSR count). The average Bonchev–Trinajstić information content (AvgIpc) is 2.38. The Kier molecular flexibility index (Phi) is 6.14. The van der Waals surface area contributed by atoms with E-state index in [1.807, 2.05) is 6.26 Å². The summed E-state index contributed by atoms with van der Waals surface area (Å²) < 4.78 is 0. The van der Waals surface area contributed by atoms with Crippen molar-refractivity contribution in [3.05, 3.63) is 28.8 Å². The molecule has 0 saturated carbocycles. The third-order valence-electron chi connectivity index (χ3n) is 2.44. The summed E-state index contributed by atoms with van der Waals surface area (Å²) in [5.41, 5.74) is 6.02. The van der Waals surface area contributed by atoms with Crippen LogP contribution in [0.1, 0.15) is 16.8 Å². The zero-order valence-electron chi connectivity index (χ0n) is 10.4. The molecule has 0 aliphatic heterocycles. The lowest BCUT2D eigenvalue weighted by Crippen LogP contribution is -2.36. The fourth-order valence-corrected chi connectivity index (χ4v) is 2.01. The first-order valence-corrected chi connectivity index (χ1v) is 7.31. The van der Waals surface area contributed by atoms with Crippen LogP contribution in [0.25, 0.3) is 0 Å². The van der Waals surface area contributed by atoms with E-state index >= 15 is 0 Å². The molecular weight excluding hydrogens is 288 g/mol. The molecule has 1 amide bonds. The van der Waals surface area contributed by atoms with Crippen molar-refractivity contribution in [1.82, 2.24) is 0 Å². The molecule has 0 aliphatic rings. The maximum absolute atomic E-state index is 11.8. The highest BCUT2D eigenvalue weighted by molar-refractivity contribution is 7.98. The molecule has 0 radical (unpaired) electrons. The third-order valence-corrected chi connectivity index (χ3v) is 3.41. The Bertz CT molecular complexity index is 482. The summed E-state index contributed by atoms with van der Waals surface area (Å²) in [6, 6.07) is 3.46. The number of nitrogens with one attached hydrogen (secondary N) is 1. The number of hydrogen-bond donors (Lipinski definition) is 3. The zero-order valence-corrected chi connectivity index (χ0v) is 11.9. The molecule has 4 N–H and O–H groups in total. The fourth-order valence-electron chi connectivity index (χ4n) is 1.36. The highest BCUT2D eigenvalue weighted by atomic mass is 35.5. The van der Waals surface area contributed by atoms with Gasteiger partial charge >= 0.3 is 5.97 Å². The molecule has 1 atom stereocenters. The number of thioether (sulfide) groups is 1. The highest BCUT2D eigenvalue weighted by Gasteiger charge is 2.15. The van der Waals surface area contributed by atoms with Crippen molar-refractivity contribution in [3.63, 3.8) is 0 Å². The van der Waals surface area contributed by atoms with Crippen LogP contribution in [0.15, 0.2) is 18.2 Å². The molecule has 104 valence electrons. The predicted molar refractivity (Wildman–Crippen MR) is 78.0 cm³/mol. The van der Waals surface area contributed by atoms with Gasteiger partial charge in [0.15, 0.2) is 0 Å². The number of aromatic carboxylic acids is 1. The van der Waals surface area contributed by atoms with E-state index in [1.165, 1.54) is 18.2 Å². The summed E-state index contributed by atoms with van der Waals surface area (Å²) in [5, 5.41) is 11.7. The monoisotopic (exact) mass is 302 g/mol. The standard InChI is InChI=1S/C12H15ClN2O3S/c1-19-5-4-9(14)11(16)15-10-6-7(12(17)18)2-3-8(10)13/h2-3,6,9H,4-5,14H2,1H3,(H,15,16)(H,17,18)/t9-/m0/s1. The fraction of sp³-hybridized carbons (Fsp3) is 0.333. The quantitative estimate of drug-likeness (QED) is 0.748. The van der Waals surface area contributed by atoms with Gasteiger partial charge < -0.3 is 16.2 Å². The Morgan fingerprint density at radius 1 is 1.53 bits per heavy atom. The molecular formula is C12H15ClN2O3S. The van der Waals surface area contributed by atoms with E-state index in [2.05, 4.69) is 5.32 Å². The molecule has 0 heterocycles. The average molecular weight is 303 g/mol. The molecule has 0 aliphatic carbocycles. The van der Waals surface area contributed by atoms with Gasteiger partial charge in [0.05, 0.1) is 22.3 Å². The zero-order chi connectivity index (χ0) is 14.4. The van der Waals surface area contributed by atoms with Crippen molar-refractivity contribution in [2.75, 3.05) is 17.3 Å². The first kappa shape index (κ1) is 15.8. The van der Waals surface area contributed by atoms with Gasteiger partial charge in [-0.25, -0.2) is 4.79 Å². The normalized spacial score (nSPS) is 11.9. The van der Waals surface area contributed by atoms with Crippen molar-refractivity contribution in [3.8, 4) is 0 Å². The summed E-state index contributed by atoms with van der Waals surface area (Å²) in [7, 11) is 0. The number of nitrogens with two attached hydrogens (primary N) is 1. The number of carboxylic acids is 1. The number of amides is 1. The van der Waals surface area contributed by atoms with Gasteiger partial charge in [0.25, 0.3) is 0 Å². The Labute approximate surface area is 120 Å². The first-order chi connectivity index (χ1) is 8.95. The van der Waals surface area contributed by atoms with Gasteiger partial charge in [-0.3, -0.25) is 4.79 Å². The van der Waals surface area contributed by atoms with E-state index in [9.17, 15) is 9.59 Å². The SMILES string of the molecule is CSCC[C@H](N)C(=O)Nc1cc(C(=O)O)ccc1Cl. The minimum atomic E-state index is -1.08. The summed E-state index contributed by atoms with van der Waals surface area (Å²) in [6.07, 6.45) is 2.47. The molecule has 0 unspecified atom stereocenters. The van der Waals surface area contributed by atoms with E-state index in [1.54, 1.807) is 11.8 Å². The number of carbonyl (C=O) groups excluding carboxylic acids is 1. The molecule has 0 saturated heterocycles. The van der Waals surface area contributed by atoms with E-state index in [0.717, 1.165) is 5.75 Å².